The van der Waals surface area contributed by atoms with Crippen LogP contribution in [0.4, 0.5) is 14.5 Å². The molecule has 6 aromatic rings. The third-order valence-electron chi connectivity index (χ3n) is 11.2. The molecule has 6 aromatic carbocycles. The van der Waals surface area contributed by atoms with Gasteiger partial charge in [-0.3, -0.25) is 14.4 Å². The van der Waals surface area contributed by atoms with Crippen molar-refractivity contribution in [2.45, 2.75) is 49.2 Å². The summed E-state index contributed by atoms with van der Waals surface area (Å²) >= 11 is 0. The number of aromatic hydroxyl groups is 1. The lowest BCUT2D eigenvalue weighted by Gasteiger charge is -2.40. The van der Waals surface area contributed by atoms with E-state index in [1.165, 1.54) is 86.0 Å². The number of allylic oxidation sites excluding steroid dienone is 3. The molecule has 1 aliphatic carbocycles. The van der Waals surface area contributed by atoms with Gasteiger partial charge in [-0.15, -0.1) is 0 Å². The number of anilines is 1. The standard InChI is InChI=1S/C54H49F2N3O9/c1-66-48-28-26-45(33-47(48)60)57-51(63)46(27-30-50(62)59-54(40-11-5-2-6-12-40,41-13-7-3-8-14-41)42-15-9-4-10-16-42)58-49(61)29-21-37-31-32-52(64,67-35-38-17-22-43(55)23-18-38)53(65,34-37)68-36-39-19-24-44(56)25-20-39/h2-26,28-29,31-34,46,60,64-65H,27,30,35-36H2,1H3,(H,57,63)(H,58,61)(H,59,62)/t46-,52?,53?/m0/s1. The van der Waals surface area contributed by atoms with Crippen LogP contribution in [0.5, 0.6) is 11.5 Å². The fourth-order valence-electron chi connectivity index (χ4n) is 7.64. The van der Waals surface area contributed by atoms with E-state index in [4.69, 9.17) is 14.2 Å². The molecule has 68 heavy (non-hydrogen) atoms. The van der Waals surface area contributed by atoms with Crippen LogP contribution in [0.15, 0.2) is 194 Å². The molecule has 0 bridgehead atoms. The predicted molar refractivity (Wildman–Crippen MR) is 250 cm³/mol. The first-order chi connectivity index (χ1) is 32.8. The molecule has 0 heterocycles. The lowest BCUT2D eigenvalue weighted by atomic mass is 9.77. The molecule has 0 saturated carbocycles. The average Bonchev–Trinajstić information content (AvgIpc) is 3.35. The van der Waals surface area contributed by atoms with E-state index >= 15 is 0 Å². The van der Waals surface area contributed by atoms with Crippen LogP contribution in [0.1, 0.15) is 40.7 Å². The second-order valence-electron chi connectivity index (χ2n) is 15.9. The number of nitrogens with one attached hydrogen (secondary N) is 3. The number of phenolic OH excluding ortho intramolecular Hbond substituents is 1. The molecule has 0 radical (unpaired) electrons. The van der Waals surface area contributed by atoms with Crippen LogP contribution in [0, 0.1) is 11.6 Å². The zero-order valence-electron chi connectivity index (χ0n) is 36.9. The molecular formula is C54H49F2N3O9. The Balaban J connectivity index is 1.13. The van der Waals surface area contributed by atoms with Crippen LogP contribution < -0.4 is 20.7 Å². The lowest BCUT2D eigenvalue weighted by Crippen LogP contribution is -2.56. The third-order valence-corrected chi connectivity index (χ3v) is 11.2. The van der Waals surface area contributed by atoms with Crippen molar-refractivity contribution in [1.29, 1.82) is 0 Å². The normalized spacial score (nSPS) is 17.2. The highest BCUT2D eigenvalue weighted by Crippen LogP contribution is 2.38. The molecule has 0 aliphatic heterocycles. The third kappa shape index (κ3) is 11.6. The summed E-state index contributed by atoms with van der Waals surface area (Å²) in [6.45, 7) is -0.575. The SMILES string of the molecule is COc1ccc(NC(=O)[C@H](CCC(=O)NC(c2ccccc2)(c2ccccc2)c2ccccc2)NC(=O)C=CC2=CC(O)(OCc3ccc(F)cc3)C(O)(OCc3ccc(F)cc3)C=C2)cc1O. The topological polar surface area (TPSA) is 176 Å². The monoisotopic (exact) mass is 921 g/mol. The zero-order valence-corrected chi connectivity index (χ0v) is 36.9. The smallest absolute Gasteiger partial charge is 0.246 e. The van der Waals surface area contributed by atoms with Crippen molar-refractivity contribution < 1.29 is 52.7 Å². The number of hydrogen-bond acceptors (Lipinski definition) is 9. The molecule has 6 N–H and O–H groups in total. The van der Waals surface area contributed by atoms with Crippen LogP contribution in [0.25, 0.3) is 0 Å². The number of carbonyl (C=O) groups excluding carboxylic acids is 3. The van der Waals surface area contributed by atoms with E-state index in [1.807, 2.05) is 91.0 Å². The highest BCUT2D eigenvalue weighted by Gasteiger charge is 2.51. The number of rotatable bonds is 19. The van der Waals surface area contributed by atoms with Crippen LogP contribution in [0.3, 0.4) is 0 Å². The minimum Gasteiger partial charge on any atom is -0.504 e. The van der Waals surface area contributed by atoms with Crippen molar-refractivity contribution in [3.05, 3.63) is 233 Å². The molecule has 7 rings (SSSR count). The van der Waals surface area contributed by atoms with E-state index in [9.17, 15) is 38.5 Å². The van der Waals surface area contributed by atoms with Crippen molar-refractivity contribution in [3.8, 4) is 11.5 Å². The molecule has 1 aliphatic rings. The van der Waals surface area contributed by atoms with Crippen molar-refractivity contribution in [2.24, 2.45) is 0 Å². The fraction of sp³-hybridized carbons (Fsp3) is 0.167. The Kier molecular flexibility index (Phi) is 15.4. The number of phenols is 1. The fourth-order valence-corrected chi connectivity index (χ4v) is 7.64. The summed E-state index contributed by atoms with van der Waals surface area (Å²) < 4.78 is 44.0. The molecule has 3 amide bonds. The molecule has 0 fully saturated rings. The Labute approximate surface area is 391 Å². The number of aliphatic hydroxyl groups is 2. The number of carbonyl (C=O) groups is 3. The molecule has 2 unspecified atom stereocenters. The average molecular weight is 922 g/mol. The summed E-state index contributed by atoms with van der Waals surface area (Å²) in [5.41, 5.74) is 2.51. The van der Waals surface area contributed by atoms with Gasteiger partial charge < -0.3 is 45.5 Å². The summed E-state index contributed by atoms with van der Waals surface area (Å²) in [4.78, 5) is 42.0. The van der Waals surface area contributed by atoms with Crippen molar-refractivity contribution in [3.63, 3.8) is 0 Å². The van der Waals surface area contributed by atoms with Gasteiger partial charge in [-0.1, -0.05) is 121 Å². The van der Waals surface area contributed by atoms with Crippen molar-refractivity contribution in [2.75, 3.05) is 12.4 Å². The Morgan fingerprint density at radius 1 is 0.706 bits per heavy atom. The summed E-state index contributed by atoms with van der Waals surface area (Å²) in [5, 5.41) is 42.6. The van der Waals surface area contributed by atoms with Gasteiger partial charge in [0.2, 0.25) is 29.3 Å². The van der Waals surface area contributed by atoms with Crippen LogP contribution in [-0.4, -0.2) is 57.8 Å². The van der Waals surface area contributed by atoms with Gasteiger partial charge in [-0.2, -0.15) is 0 Å². The van der Waals surface area contributed by atoms with E-state index in [1.54, 1.807) is 0 Å². The lowest BCUT2D eigenvalue weighted by molar-refractivity contribution is -0.349. The minimum atomic E-state index is -2.58. The maximum absolute atomic E-state index is 14.3. The maximum atomic E-state index is 14.3. The van der Waals surface area contributed by atoms with Gasteiger partial charge in [0.25, 0.3) is 0 Å². The number of ether oxygens (including phenoxy) is 3. The number of methoxy groups -OCH3 is 1. The van der Waals surface area contributed by atoms with Crippen LogP contribution in [0.2, 0.25) is 0 Å². The second kappa shape index (κ2) is 21.7. The molecule has 3 atom stereocenters. The number of hydrogen-bond donors (Lipinski definition) is 6. The maximum Gasteiger partial charge on any atom is 0.246 e. The van der Waals surface area contributed by atoms with Gasteiger partial charge in [0.1, 0.15) is 23.2 Å². The van der Waals surface area contributed by atoms with E-state index in [0.29, 0.717) is 11.1 Å². The molecule has 0 spiro atoms. The number of amides is 3. The highest BCUT2D eigenvalue weighted by molar-refractivity contribution is 5.99. The molecule has 0 aromatic heterocycles. The van der Waals surface area contributed by atoms with Gasteiger partial charge in [0, 0.05) is 24.3 Å². The first-order valence-electron chi connectivity index (χ1n) is 21.6. The minimum absolute atomic E-state index is 0.171. The van der Waals surface area contributed by atoms with E-state index in [-0.39, 0.29) is 48.8 Å². The summed E-state index contributed by atoms with van der Waals surface area (Å²) in [5.74, 6) is -8.02. The summed E-state index contributed by atoms with van der Waals surface area (Å²) in [6.07, 6.45) is 5.60. The van der Waals surface area contributed by atoms with E-state index < -0.39 is 52.5 Å². The van der Waals surface area contributed by atoms with Crippen molar-refractivity contribution in [1.82, 2.24) is 10.6 Å². The van der Waals surface area contributed by atoms with Gasteiger partial charge in [0.05, 0.1) is 20.3 Å². The van der Waals surface area contributed by atoms with Crippen LogP contribution >= 0.6 is 0 Å². The first-order valence-corrected chi connectivity index (χ1v) is 21.6. The number of halogens is 2. The number of benzene rings is 6. The molecular weight excluding hydrogens is 873 g/mol. The molecule has 0 saturated heterocycles. The Morgan fingerprint density at radius 3 is 1.72 bits per heavy atom. The Bertz CT molecular complexity index is 2680. The summed E-state index contributed by atoms with van der Waals surface area (Å²) in [6, 6.07) is 42.0. The summed E-state index contributed by atoms with van der Waals surface area (Å²) in [7, 11) is 1.38. The van der Waals surface area contributed by atoms with Gasteiger partial charge in [-0.05, 0) is 94.4 Å². The Morgan fingerprint density at radius 2 is 1.22 bits per heavy atom. The quantitative estimate of drug-likeness (QED) is 0.0269. The molecule has 348 valence electrons. The largest absolute Gasteiger partial charge is 0.504 e. The van der Waals surface area contributed by atoms with Gasteiger partial charge >= 0.3 is 0 Å². The van der Waals surface area contributed by atoms with Crippen LogP contribution in [-0.2, 0) is 42.6 Å². The molecule has 12 nitrogen and oxygen atoms in total. The predicted octanol–water partition coefficient (Wildman–Crippen LogP) is 7.85. The first kappa shape index (κ1) is 48.2. The second-order valence-corrected chi connectivity index (χ2v) is 15.9. The zero-order chi connectivity index (χ0) is 48.2. The van der Waals surface area contributed by atoms with Crippen molar-refractivity contribution >= 4 is 23.4 Å². The van der Waals surface area contributed by atoms with E-state index in [0.717, 1.165) is 34.9 Å². The van der Waals surface area contributed by atoms with E-state index in [2.05, 4.69) is 16.0 Å². The van der Waals surface area contributed by atoms with Gasteiger partial charge in [-0.25, -0.2) is 8.78 Å². The molecule has 14 heteroatoms. The van der Waals surface area contributed by atoms with Gasteiger partial charge in [0.15, 0.2) is 11.5 Å². The highest BCUT2D eigenvalue weighted by atomic mass is 19.1. The Hall–Kier alpha value is -7.75.